The highest BCUT2D eigenvalue weighted by atomic mass is 16.6. The van der Waals surface area contributed by atoms with Crippen molar-refractivity contribution in [1.82, 2.24) is 14.8 Å². The number of cyclic esters (lactones) is 1. The number of hydrogen-bond donors (Lipinski definition) is 0. The molecule has 146 valence electrons. The van der Waals surface area contributed by atoms with E-state index in [9.17, 15) is 4.79 Å². The third kappa shape index (κ3) is 3.27. The number of piperidine rings is 1. The summed E-state index contributed by atoms with van der Waals surface area (Å²) in [6.45, 7) is 5.50. The van der Waals surface area contributed by atoms with Gasteiger partial charge in [0, 0.05) is 44.1 Å². The van der Waals surface area contributed by atoms with Crippen molar-refractivity contribution in [3.63, 3.8) is 0 Å². The SMILES string of the molecule is O=C1OCCN1Cc1ccc(CN2CCC3(CC2)OCc2ccncc23)cc1. The number of carbonyl (C=O) groups is 1. The third-order valence-corrected chi connectivity index (χ3v) is 6.22. The van der Waals surface area contributed by atoms with Gasteiger partial charge in [0.2, 0.25) is 0 Å². The highest BCUT2D eigenvalue weighted by Gasteiger charge is 2.42. The second-order valence-electron chi connectivity index (χ2n) is 7.94. The molecule has 2 fully saturated rings. The largest absolute Gasteiger partial charge is 0.448 e. The van der Waals surface area contributed by atoms with Crippen LogP contribution in [0.15, 0.2) is 42.7 Å². The van der Waals surface area contributed by atoms with E-state index in [0.29, 0.717) is 26.3 Å². The zero-order valence-corrected chi connectivity index (χ0v) is 16.0. The lowest BCUT2D eigenvalue weighted by molar-refractivity contribution is -0.0800. The fourth-order valence-electron chi connectivity index (χ4n) is 4.54. The van der Waals surface area contributed by atoms with Gasteiger partial charge in [-0.15, -0.1) is 0 Å². The molecule has 6 heteroatoms. The van der Waals surface area contributed by atoms with Crippen LogP contribution >= 0.6 is 0 Å². The molecule has 4 heterocycles. The summed E-state index contributed by atoms with van der Waals surface area (Å²) in [5.74, 6) is 0. The maximum absolute atomic E-state index is 11.6. The van der Waals surface area contributed by atoms with Crippen LogP contribution < -0.4 is 0 Å². The molecule has 1 spiro atoms. The zero-order valence-electron chi connectivity index (χ0n) is 16.0. The van der Waals surface area contributed by atoms with E-state index in [1.807, 2.05) is 12.4 Å². The number of hydrogen-bond acceptors (Lipinski definition) is 5. The van der Waals surface area contributed by atoms with Crippen molar-refractivity contribution >= 4 is 6.09 Å². The molecule has 1 amide bonds. The second-order valence-corrected chi connectivity index (χ2v) is 7.94. The molecule has 0 N–H and O–H groups in total. The molecule has 0 aliphatic carbocycles. The molecular weight excluding hydrogens is 354 g/mol. The van der Waals surface area contributed by atoms with E-state index in [1.165, 1.54) is 16.7 Å². The topological polar surface area (TPSA) is 54.9 Å². The first kappa shape index (κ1) is 17.6. The fourth-order valence-corrected chi connectivity index (χ4v) is 4.54. The van der Waals surface area contributed by atoms with Gasteiger partial charge in [-0.1, -0.05) is 24.3 Å². The van der Waals surface area contributed by atoms with Gasteiger partial charge in [-0.3, -0.25) is 9.88 Å². The number of amides is 1. The van der Waals surface area contributed by atoms with Gasteiger partial charge < -0.3 is 14.4 Å². The predicted molar refractivity (Wildman–Crippen MR) is 103 cm³/mol. The number of benzene rings is 1. The van der Waals surface area contributed by atoms with Gasteiger partial charge in [0.1, 0.15) is 6.61 Å². The number of aromatic nitrogens is 1. The maximum atomic E-state index is 11.6. The molecular formula is C22H25N3O3. The van der Waals surface area contributed by atoms with Crippen LogP contribution in [0.2, 0.25) is 0 Å². The van der Waals surface area contributed by atoms with Crippen LogP contribution in [0.5, 0.6) is 0 Å². The summed E-state index contributed by atoms with van der Waals surface area (Å²) in [7, 11) is 0. The van der Waals surface area contributed by atoms with E-state index in [4.69, 9.17) is 9.47 Å². The Balaban J connectivity index is 1.18. The van der Waals surface area contributed by atoms with Crippen molar-refractivity contribution < 1.29 is 14.3 Å². The maximum Gasteiger partial charge on any atom is 0.410 e. The Morgan fingerprint density at radius 3 is 2.46 bits per heavy atom. The Morgan fingerprint density at radius 2 is 1.75 bits per heavy atom. The van der Waals surface area contributed by atoms with Crippen molar-refractivity contribution in [2.75, 3.05) is 26.2 Å². The number of rotatable bonds is 4. The lowest BCUT2D eigenvalue weighted by Gasteiger charge is -2.39. The van der Waals surface area contributed by atoms with Gasteiger partial charge >= 0.3 is 6.09 Å². The van der Waals surface area contributed by atoms with Crippen LogP contribution in [-0.2, 0) is 34.8 Å². The molecule has 0 unspecified atom stereocenters. The quantitative estimate of drug-likeness (QED) is 0.817. The van der Waals surface area contributed by atoms with E-state index >= 15 is 0 Å². The minimum Gasteiger partial charge on any atom is -0.448 e. The van der Waals surface area contributed by atoms with Crippen LogP contribution in [0.4, 0.5) is 4.79 Å². The van der Waals surface area contributed by atoms with Crippen molar-refractivity contribution in [1.29, 1.82) is 0 Å². The van der Waals surface area contributed by atoms with E-state index in [1.54, 1.807) is 4.90 Å². The summed E-state index contributed by atoms with van der Waals surface area (Å²) < 4.78 is 11.2. The molecule has 1 aromatic heterocycles. The van der Waals surface area contributed by atoms with Crippen molar-refractivity contribution in [3.8, 4) is 0 Å². The first-order valence-electron chi connectivity index (χ1n) is 10.0. The highest BCUT2D eigenvalue weighted by molar-refractivity contribution is 5.69. The summed E-state index contributed by atoms with van der Waals surface area (Å²) in [6.07, 6.45) is 5.67. The summed E-state index contributed by atoms with van der Waals surface area (Å²) >= 11 is 0. The molecule has 5 rings (SSSR count). The smallest absolute Gasteiger partial charge is 0.410 e. The summed E-state index contributed by atoms with van der Waals surface area (Å²) in [5, 5.41) is 0. The predicted octanol–water partition coefficient (Wildman–Crippen LogP) is 3.06. The van der Waals surface area contributed by atoms with Gasteiger partial charge in [0.05, 0.1) is 18.8 Å². The molecule has 0 saturated carbocycles. The molecule has 6 nitrogen and oxygen atoms in total. The lowest BCUT2D eigenvalue weighted by atomic mass is 9.84. The van der Waals surface area contributed by atoms with Gasteiger partial charge in [-0.2, -0.15) is 0 Å². The summed E-state index contributed by atoms with van der Waals surface area (Å²) in [6, 6.07) is 10.7. The zero-order chi connectivity index (χ0) is 19.0. The summed E-state index contributed by atoms with van der Waals surface area (Å²) in [4.78, 5) is 20.1. The van der Waals surface area contributed by atoms with E-state index < -0.39 is 0 Å². The first-order chi connectivity index (χ1) is 13.7. The highest BCUT2D eigenvalue weighted by Crippen LogP contribution is 2.43. The van der Waals surface area contributed by atoms with Gasteiger partial charge in [-0.05, 0) is 35.6 Å². The van der Waals surface area contributed by atoms with Crippen LogP contribution in [0.25, 0.3) is 0 Å². The molecule has 2 aromatic rings. The van der Waals surface area contributed by atoms with Crippen molar-refractivity contribution in [2.45, 2.75) is 38.1 Å². The van der Waals surface area contributed by atoms with Crippen LogP contribution in [0.3, 0.4) is 0 Å². The Hall–Kier alpha value is -2.44. The molecule has 2 saturated heterocycles. The minimum atomic E-state index is -0.211. The average molecular weight is 379 g/mol. The molecule has 3 aliphatic heterocycles. The Bertz CT molecular complexity index is 860. The number of likely N-dealkylation sites (tertiary alicyclic amines) is 1. The first-order valence-corrected chi connectivity index (χ1v) is 10.0. The monoisotopic (exact) mass is 379 g/mol. The van der Waals surface area contributed by atoms with Crippen molar-refractivity contribution in [2.24, 2.45) is 0 Å². The number of carbonyl (C=O) groups excluding carboxylic acids is 1. The van der Waals surface area contributed by atoms with E-state index in [0.717, 1.165) is 38.0 Å². The van der Waals surface area contributed by atoms with Crippen LogP contribution in [0.1, 0.15) is 35.1 Å². The third-order valence-electron chi connectivity index (χ3n) is 6.22. The van der Waals surface area contributed by atoms with Gasteiger partial charge in [0.25, 0.3) is 0 Å². The average Bonchev–Trinajstić information content (AvgIpc) is 3.30. The van der Waals surface area contributed by atoms with Crippen LogP contribution in [0, 0.1) is 0 Å². The molecule has 0 radical (unpaired) electrons. The van der Waals surface area contributed by atoms with E-state index in [2.05, 4.69) is 40.2 Å². The number of fused-ring (bicyclic) bond motifs is 2. The molecule has 3 aliphatic rings. The number of pyridine rings is 1. The number of ether oxygens (including phenoxy) is 2. The molecule has 1 aromatic carbocycles. The molecule has 28 heavy (non-hydrogen) atoms. The Morgan fingerprint density at radius 1 is 1.00 bits per heavy atom. The van der Waals surface area contributed by atoms with Crippen molar-refractivity contribution in [3.05, 3.63) is 65.0 Å². The molecule has 0 atom stereocenters. The fraction of sp³-hybridized carbons (Fsp3) is 0.455. The molecule has 0 bridgehead atoms. The van der Waals surface area contributed by atoms with Gasteiger partial charge in [0.15, 0.2) is 0 Å². The van der Waals surface area contributed by atoms with Gasteiger partial charge in [-0.25, -0.2) is 4.79 Å². The Labute approximate surface area is 165 Å². The standard InChI is InChI=1S/C22H25N3O3/c26-21-25(11-12-27-21)15-18-3-1-17(2-4-18)14-24-9-6-22(7-10-24)20-13-23-8-5-19(20)16-28-22/h1-5,8,13H,6-7,9-12,14-16H2. The lowest BCUT2D eigenvalue weighted by Crippen LogP contribution is -2.42. The summed E-state index contributed by atoms with van der Waals surface area (Å²) in [5.41, 5.74) is 4.90. The number of nitrogens with zero attached hydrogens (tertiary/aromatic N) is 3. The van der Waals surface area contributed by atoms with E-state index in [-0.39, 0.29) is 11.7 Å². The Kier molecular flexibility index (Phi) is 4.53. The normalized spacial score (nSPS) is 21.1. The van der Waals surface area contributed by atoms with Crippen LogP contribution in [-0.4, -0.2) is 47.1 Å². The minimum absolute atomic E-state index is 0.131. The second kappa shape index (κ2) is 7.18.